The number of carbonyl (C=O) groups is 1. The van der Waals surface area contributed by atoms with Gasteiger partial charge in [0.05, 0.1) is 7.11 Å². The van der Waals surface area contributed by atoms with E-state index in [4.69, 9.17) is 5.73 Å². The summed E-state index contributed by atoms with van der Waals surface area (Å²) >= 11 is 0. The van der Waals surface area contributed by atoms with Gasteiger partial charge in [0.1, 0.15) is 11.5 Å². The number of aromatic nitrogens is 2. The summed E-state index contributed by atoms with van der Waals surface area (Å²) in [6, 6.07) is 0. The van der Waals surface area contributed by atoms with Crippen molar-refractivity contribution in [2.24, 2.45) is 12.8 Å². The number of halogens is 1. The molecule has 5 nitrogen and oxygen atoms in total. The highest BCUT2D eigenvalue weighted by Crippen LogP contribution is 2.00. The fraction of sp³-hybridized carbons (Fsp3) is 0.250. The van der Waals surface area contributed by atoms with Gasteiger partial charge in [-0.15, -0.1) is 12.4 Å². The average Bonchev–Trinajstić information content (AvgIpc) is 2.50. The first-order valence-electron chi connectivity index (χ1n) is 3.68. The van der Waals surface area contributed by atoms with Gasteiger partial charge in [-0.1, -0.05) is 0 Å². The highest BCUT2D eigenvalue weighted by molar-refractivity contribution is 5.91. The normalized spacial score (nSPS) is 10.6. The summed E-state index contributed by atoms with van der Waals surface area (Å²) in [4.78, 5) is 14.9. The van der Waals surface area contributed by atoms with Crippen LogP contribution in [-0.2, 0) is 16.6 Å². The van der Waals surface area contributed by atoms with Crippen LogP contribution in [0.25, 0.3) is 6.08 Å². The molecule has 0 fully saturated rings. The van der Waals surface area contributed by atoms with Crippen LogP contribution in [0.1, 0.15) is 5.82 Å². The molecule has 0 unspecified atom stereocenters. The largest absolute Gasteiger partial charge is 0.464 e. The first kappa shape index (κ1) is 12.5. The van der Waals surface area contributed by atoms with E-state index in [1.807, 2.05) is 7.05 Å². The molecule has 0 aliphatic rings. The Balaban J connectivity index is 0.00000169. The predicted octanol–water partition coefficient (Wildman–Crippen LogP) is 0.314. The van der Waals surface area contributed by atoms with Gasteiger partial charge in [0.15, 0.2) is 0 Å². The second-order valence-electron chi connectivity index (χ2n) is 2.49. The van der Waals surface area contributed by atoms with Crippen LogP contribution in [0, 0.1) is 0 Å². The Morgan fingerprint density at radius 2 is 2.36 bits per heavy atom. The van der Waals surface area contributed by atoms with E-state index in [0.29, 0.717) is 5.82 Å². The van der Waals surface area contributed by atoms with Crippen molar-refractivity contribution in [3.63, 3.8) is 0 Å². The zero-order valence-electron chi connectivity index (χ0n) is 7.93. The second-order valence-corrected chi connectivity index (χ2v) is 2.49. The van der Waals surface area contributed by atoms with Crippen LogP contribution in [0.3, 0.4) is 0 Å². The van der Waals surface area contributed by atoms with Crippen LogP contribution in [0.4, 0.5) is 0 Å². The van der Waals surface area contributed by atoms with Crippen LogP contribution in [-0.4, -0.2) is 22.6 Å². The average molecular weight is 218 g/mol. The third-order valence-electron chi connectivity index (χ3n) is 1.56. The first-order valence-corrected chi connectivity index (χ1v) is 3.68. The predicted molar refractivity (Wildman–Crippen MR) is 54.6 cm³/mol. The molecule has 1 aromatic rings. The molecule has 0 radical (unpaired) electrons. The monoisotopic (exact) mass is 217 g/mol. The first-order chi connectivity index (χ1) is 6.15. The van der Waals surface area contributed by atoms with E-state index >= 15 is 0 Å². The van der Waals surface area contributed by atoms with E-state index in [9.17, 15) is 4.79 Å². The maximum absolute atomic E-state index is 10.9. The fourth-order valence-electron chi connectivity index (χ4n) is 0.832. The summed E-state index contributed by atoms with van der Waals surface area (Å²) in [6.07, 6.45) is 4.85. The number of hydrogen-bond donors (Lipinski definition) is 1. The molecule has 0 aliphatic carbocycles. The van der Waals surface area contributed by atoms with Gasteiger partial charge in [0.25, 0.3) is 0 Å². The minimum absolute atomic E-state index is 0. The Labute approximate surface area is 88.0 Å². The van der Waals surface area contributed by atoms with Crippen molar-refractivity contribution in [3.8, 4) is 0 Å². The van der Waals surface area contributed by atoms with E-state index in [1.165, 1.54) is 13.2 Å². The molecule has 0 saturated heterocycles. The number of methoxy groups -OCH3 is 1. The molecule has 0 aliphatic heterocycles. The minimum atomic E-state index is -0.553. The number of rotatable bonds is 2. The topological polar surface area (TPSA) is 70.1 Å². The van der Waals surface area contributed by atoms with Crippen molar-refractivity contribution in [2.45, 2.75) is 0 Å². The number of aryl methyl sites for hydroxylation is 1. The van der Waals surface area contributed by atoms with E-state index in [2.05, 4.69) is 9.72 Å². The van der Waals surface area contributed by atoms with Crippen LogP contribution in [0.5, 0.6) is 0 Å². The molecular weight excluding hydrogens is 206 g/mol. The number of nitrogens with two attached hydrogens (primary N) is 1. The summed E-state index contributed by atoms with van der Waals surface area (Å²) in [7, 11) is 3.09. The van der Waals surface area contributed by atoms with Crippen molar-refractivity contribution in [1.82, 2.24) is 9.55 Å². The summed E-state index contributed by atoms with van der Waals surface area (Å²) in [5, 5.41) is 0. The van der Waals surface area contributed by atoms with Crippen LogP contribution in [0.15, 0.2) is 18.1 Å². The lowest BCUT2D eigenvalue weighted by atomic mass is 10.4. The number of carbonyl (C=O) groups excluding carboxylic acids is 1. The minimum Gasteiger partial charge on any atom is -0.464 e. The SMILES string of the molecule is COC(=O)C(N)=Cc1nccn1C.Cl. The molecule has 6 heteroatoms. The number of ether oxygens (including phenoxy) is 1. The fourth-order valence-corrected chi connectivity index (χ4v) is 0.832. The lowest BCUT2D eigenvalue weighted by Gasteiger charge is -1.98. The van der Waals surface area contributed by atoms with Gasteiger partial charge < -0.3 is 15.0 Å². The number of nitrogens with zero attached hydrogens (tertiary/aromatic N) is 2. The Morgan fingerprint density at radius 3 is 2.79 bits per heavy atom. The van der Waals surface area contributed by atoms with Crippen molar-refractivity contribution in [1.29, 1.82) is 0 Å². The van der Waals surface area contributed by atoms with Gasteiger partial charge in [-0.3, -0.25) is 0 Å². The molecule has 0 saturated carbocycles. The van der Waals surface area contributed by atoms with E-state index in [-0.39, 0.29) is 18.1 Å². The molecule has 0 aromatic carbocycles. The molecule has 2 N–H and O–H groups in total. The molecule has 14 heavy (non-hydrogen) atoms. The van der Waals surface area contributed by atoms with Gasteiger partial charge in [-0.2, -0.15) is 0 Å². The molecule has 0 atom stereocenters. The summed E-state index contributed by atoms with van der Waals surface area (Å²) in [5.41, 5.74) is 5.46. The Kier molecular flexibility index (Phi) is 4.72. The summed E-state index contributed by atoms with van der Waals surface area (Å²) < 4.78 is 6.18. The molecule has 1 aromatic heterocycles. The molecule has 1 rings (SSSR count). The smallest absolute Gasteiger partial charge is 0.354 e. The lowest BCUT2D eigenvalue weighted by molar-refractivity contribution is -0.136. The third-order valence-corrected chi connectivity index (χ3v) is 1.56. The van der Waals surface area contributed by atoms with Gasteiger partial charge in [-0.25, -0.2) is 9.78 Å². The Morgan fingerprint density at radius 1 is 1.71 bits per heavy atom. The van der Waals surface area contributed by atoms with Crippen LogP contribution < -0.4 is 5.73 Å². The number of hydrogen-bond acceptors (Lipinski definition) is 4. The van der Waals surface area contributed by atoms with Crippen molar-refractivity contribution in [3.05, 3.63) is 23.9 Å². The molecule has 0 bridgehead atoms. The second kappa shape index (κ2) is 5.29. The van der Waals surface area contributed by atoms with Gasteiger partial charge in [0.2, 0.25) is 0 Å². The highest BCUT2D eigenvalue weighted by Gasteiger charge is 2.05. The maximum Gasteiger partial charge on any atom is 0.354 e. The quantitative estimate of drug-likeness (QED) is 0.572. The van der Waals surface area contributed by atoms with E-state index in [1.54, 1.807) is 17.0 Å². The molecular formula is C8H12ClN3O2. The standard InChI is InChI=1S/C8H11N3O2.ClH/c1-11-4-3-10-7(11)5-6(9)8(12)13-2;/h3-5H,9H2,1-2H3;1H. The highest BCUT2D eigenvalue weighted by atomic mass is 35.5. The van der Waals surface area contributed by atoms with Gasteiger partial charge >= 0.3 is 5.97 Å². The van der Waals surface area contributed by atoms with Crippen LogP contribution >= 0.6 is 12.4 Å². The maximum atomic E-state index is 10.9. The van der Waals surface area contributed by atoms with E-state index < -0.39 is 5.97 Å². The van der Waals surface area contributed by atoms with Crippen molar-refractivity contribution in [2.75, 3.05) is 7.11 Å². The van der Waals surface area contributed by atoms with E-state index in [0.717, 1.165) is 0 Å². The van der Waals surface area contributed by atoms with Crippen molar-refractivity contribution < 1.29 is 9.53 Å². The Bertz CT molecular complexity index is 346. The van der Waals surface area contributed by atoms with Gasteiger partial charge in [-0.05, 0) is 0 Å². The zero-order chi connectivity index (χ0) is 9.84. The molecule has 0 amide bonds. The Hall–Kier alpha value is -1.49. The number of esters is 1. The number of imidazole rings is 1. The molecule has 1 heterocycles. The molecule has 78 valence electrons. The van der Waals surface area contributed by atoms with Gasteiger partial charge in [0, 0.05) is 25.5 Å². The lowest BCUT2D eigenvalue weighted by Crippen LogP contribution is -2.13. The summed E-state index contributed by atoms with van der Waals surface area (Å²) in [5.74, 6) is 0.0610. The zero-order valence-corrected chi connectivity index (χ0v) is 8.75. The third kappa shape index (κ3) is 2.77. The van der Waals surface area contributed by atoms with Crippen molar-refractivity contribution >= 4 is 24.5 Å². The molecule has 0 spiro atoms. The summed E-state index contributed by atoms with van der Waals surface area (Å²) in [6.45, 7) is 0. The van der Waals surface area contributed by atoms with Crippen LogP contribution in [0.2, 0.25) is 0 Å².